The second-order valence-corrected chi connectivity index (χ2v) is 5.31. The Morgan fingerprint density at radius 3 is 2.45 bits per heavy atom. The van der Waals surface area contributed by atoms with E-state index in [2.05, 4.69) is 10.6 Å². The van der Waals surface area contributed by atoms with E-state index in [1.807, 2.05) is 23.6 Å². The van der Waals surface area contributed by atoms with Gasteiger partial charge in [0.05, 0.1) is 25.6 Å². The standard InChI is InChI=1S/C14H14N2O3S/c1-18-10-6-8-9(7-11(10)19-2)16-14(17)13(15-8)12-4-3-5-20-12/h3-7,13,15H,1-2H3,(H,16,17). The summed E-state index contributed by atoms with van der Waals surface area (Å²) in [5, 5.41) is 8.08. The molecule has 0 saturated carbocycles. The van der Waals surface area contributed by atoms with E-state index < -0.39 is 0 Å². The fourth-order valence-electron chi connectivity index (χ4n) is 2.18. The zero-order valence-electron chi connectivity index (χ0n) is 11.1. The molecule has 1 aromatic heterocycles. The molecule has 0 aliphatic carbocycles. The van der Waals surface area contributed by atoms with E-state index in [1.165, 1.54) is 0 Å². The molecule has 2 N–H and O–H groups in total. The molecule has 1 aromatic carbocycles. The molecular weight excluding hydrogens is 276 g/mol. The summed E-state index contributed by atoms with van der Waals surface area (Å²) in [5.74, 6) is 1.13. The number of hydrogen-bond acceptors (Lipinski definition) is 5. The van der Waals surface area contributed by atoms with Crippen LogP contribution in [0.25, 0.3) is 0 Å². The number of ether oxygens (including phenoxy) is 2. The van der Waals surface area contributed by atoms with Crippen LogP contribution < -0.4 is 20.1 Å². The maximum atomic E-state index is 12.2. The van der Waals surface area contributed by atoms with Crippen molar-refractivity contribution in [3.8, 4) is 11.5 Å². The third kappa shape index (κ3) is 2.08. The van der Waals surface area contributed by atoms with Gasteiger partial charge in [0, 0.05) is 17.0 Å². The Kier molecular flexibility index (Phi) is 3.23. The molecule has 20 heavy (non-hydrogen) atoms. The number of fused-ring (bicyclic) bond motifs is 1. The minimum Gasteiger partial charge on any atom is -0.493 e. The predicted molar refractivity (Wildman–Crippen MR) is 78.9 cm³/mol. The Morgan fingerprint density at radius 1 is 1.15 bits per heavy atom. The molecule has 5 nitrogen and oxygen atoms in total. The molecule has 1 unspecified atom stereocenters. The largest absolute Gasteiger partial charge is 0.493 e. The zero-order chi connectivity index (χ0) is 14.1. The number of carbonyl (C=O) groups is 1. The quantitative estimate of drug-likeness (QED) is 0.912. The molecule has 1 amide bonds. The summed E-state index contributed by atoms with van der Waals surface area (Å²) in [4.78, 5) is 13.1. The number of benzene rings is 1. The van der Waals surface area contributed by atoms with Gasteiger partial charge in [-0.05, 0) is 11.4 Å². The minimum absolute atomic E-state index is 0.0767. The zero-order valence-corrected chi connectivity index (χ0v) is 11.9. The molecule has 2 aromatic rings. The second-order valence-electron chi connectivity index (χ2n) is 4.33. The van der Waals surface area contributed by atoms with Gasteiger partial charge >= 0.3 is 0 Å². The van der Waals surface area contributed by atoms with Crippen LogP contribution in [0.15, 0.2) is 29.6 Å². The summed E-state index contributed by atoms with van der Waals surface area (Å²) in [6.45, 7) is 0. The molecule has 0 spiro atoms. The molecule has 1 aliphatic heterocycles. The topological polar surface area (TPSA) is 59.6 Å². The highest BCUT2D eigenvalue weighted by atomic mass is 32.1. The molecular formula is C14H14N2O3S. The van der Waals surface area contributed by atoms with E-state index in [1.54, 1.807) is 31.6 Å². The summed E-state index contributed by atoms with van der Waals surface area (Å²) in [7, 11) is 3.15. The first-order valence-corrected chi connectivity index (χ1v) is 6.97. The Balaban J connectivity index is 2.00. The van der Waals surface area contributed by atoms with Gasteiger partial charge in [0.15, 0.2) is 11.5 Å². The smallest absolute Gasteiger partial charge is 0.252 e. The van der Waals surface area contributed by atoms with Crippen molar-refractivity contribution in [2.45, 2.75) is 6.04 Å². The lowest BCUT2D eigenvalue weighted by Gasteiger charge is -2.27. The fraction of sp³-hybridized carbons (Fsp3) is 0.214. The van der Waals surface area contributed by atoms with Crippen molar-refractivity contribution in [1.29, 1.82) is 0 Å². The number of thiophene rings is 1. The van der Waals surface area contributed by atoms with Gasteiger partial charge in [0.25, 0.3) is 5.91 Å². The van der Waals surface area contributed by atoms with Crippen molar-refractivity contribution < 1.29 is 14.3 Å². The average Bonchev–Trinajstić information content (AvgIpc) is 2.99. The van der Waals surface area contributed by atoms with Gasteiger partial charge in [-0.15, -0.1) is 11.3 Å². The van der Waals surface area contributed by atoms with Crippen LogP contribution in [-0.4, -0.2) is 20.1 Å². The first-order chi connectivity index (χ1) is 9.72. The molecule has 0 bridgehead atoms. The van der Waals surface area contributed by atoms with E-state index in [0.717, 1.165) is 10.6 Å². The van der Waals surface area contributed by atoms with Crippen LogP contribution in [0.5, 0.6) is 11.5 Å². The SMILES string of the molecule is COc1cc2c(cc1OC)NC(c1cccs1)C(=O)N2. The Morgan fingerprint density at radius 2 is 1.85 bits per heavy atom. The van der Waals surface area contributed by atoms with Crippen LogP contribution in [0.3, 0.4) is 0 Å². The fourth-order valence-corrected chi connectivity index (χ4v) is 2.96. The predicted octanol–water partition coefficient (Wildman–Crippen LogP) is 2.87. The molecule has 0 fully saturated rings. The highest BCUT2D eigenvalue weighted by Gasteiger charge is 2.28. The molecule has 6 heteroatoms. The van der Waals surface area contributed by atoms with Gasteiger partial charge in [0.1, 0.15) is 6.04 Å². The van der Waals surface area contributed by atoms with Crippen LogP contribution in [0.4, 0.5) is 11.4 Å². The average molecular weight is 290 g/mol. The number of hydrogen-bond donors (Lipinski definition) is 2. The van der Waals surface area contributed by atoms with Gasteiger partial charge in [-0.25, -0.2) is 0 Å². The van der Waals surface area contributed by atoms with E-state index in [9.17, 15) is 4.79 Å². The van der Waals surface area contributed by atoms with E-state index in [0.29, 0.717) is 17.2 Å². The molecule has 104 valence electrons. The van der Waals surface area contributed by atoms with Crippen LogP contribution in [0.2, 0.25) is 0 Å². The molecule has 0 radical (unpaired) electrons. The van der Waals surface area contributed by atoms with E-state index in [4.69, 9.17) is 9.47 Å². The monoisotopic (exact) mass is 290 g/mol. The van der Waals surface area contributed by atoms with Crippen molar-refractivity contribution in [2.24, 2.45) is 0 Å². The highest BCUT2D eigenvalue weighted by Crippen LogP contribution is 2.41. The molecule has 3 rings (SSSR count). The van der Waals surface area contributed by atoms with Crippen molar-refractivity contribution in [1.82, 2.24) is 0 Å². The van der Waals surface area contributed by atoms with Crippen molar-refractivity contribution >= 4 is 28.6 Å². The maximum absolute atomic E-state index is 12.2. The lowest BCUT2D eigenvalue weighted by Crippen LogP contribution is -2.31. The normalized spacial score (nSPS) is 16.9. The molecule has 2 heterocycles. The Labute approximate surface area is 120 Å². The lowest BCUT2D eigenvalue weighted by atomic mass is 10.1. The van der Waals surface area contributed by atoms with Gasteiger partial charge in [-0.3, -0.25) is 4.79 Å². The molecule has 1 atom stereocenters. The van der Waals surface area contributed by atoms with Gasteiger partial charge in [-0.2, -0.15) is 0 Å². The van der Waals surface area contributed by atoms with E-state index >= 15 is 0 Å². The van der Waals surface area contributed by atoms with Crippen molar-refractivity contribution in [2.75, 3.05) is 24.9 Å². The summed E-state index contributed by atoms with van der Waals surface area (Å²) in [6.07, 6.45) is 0. The minimum atomic E-state index is -0.374. The number of nitrogens with one attached hydrogen (secondary N) is 2. The first-order valence-electron chi connectivity index (χ1n) is 6.09. The third-order valence-corrected chi connectivity index (χ3v) is 4.11. The van der Waals surface area contributed by atoms with Crippen LogP contribution in [0, 0.1) is 0 Å². The Hall–Kier alpha value is -2.21. The van der Waals surface area contributed by atoms with Crippen LogP contribution in [-0.2, 0) is 4.79 Å². The summed E-state index contributed by atoms with van der Waals surface area (Å²) in [6, 6.07) is 7.07. The number of rotatable bonds is 3. The second kappa shape index (κ2) is 5.05. The van der Waals surface area contributed by atoms with Gasteiger partial charge in [-0.1, -0.05) is 6.07 Å². The van der Waals surface area contributed by atoms with Gasteiger partial charge in [0.2, 0.25) is 0 Å². The first kappa shape index (κ1) is 12.8. The molecule has 1 aliphatic rings. The lowest BCUT2D eigenvalue weighted by molar-refractivity contribution is -0.117. The maximum Gasteiger partial charge on any atom is 0.252 e. The van der Waals surface area contributed by atoms with Crippen molar-refractivity contribution in [3.05, 3.63) is 34.5 Å². The molecule has 0 saturated heterocycles. The third-order valence-electron chi connectivity index (χ3n) is 3.17. The van der Waals surface area contributed by atoms with Crippen molar-refractivity contribution in [3.63, 3.8) is 0 Å². The van der Waals surface area contributed by atoms with Crippen LogP contribution >= 0.6 is 11.3 Å². The summed E-state index contributed by atoms with van der Waals surface area (Å²) >= 11 is 1.55. The summed E-state index contributed by atoms with van der Waals surface area (Å²) < 4.78 is 10.5. The number of anilines is 2. The number of amides is 1. The number of methoxy groups -OCH3 is 2. The van der Waals surface area contributed by atoms with Gasteiger partial charge < -0.3 is 20.1 Å². The van der Waals surface area contributed by atoms with Crippen LogP contribution in [0.1, 0.15) is 10.9 Å². The van der Waals surface area contributed by atoms with E-state index in [-0.39, 0.29) is 11.9 Å². The Bertz CT molecular complexity index is 640. The summed E-state index contributed by atoms with van der Waals surface area (Å²) in [5.41, 5.74) is 1.51. The highest BCUT2D eigenvalue weighted by molar-refractivity contribution is 7.10. The number of carbonyl (C=O) groups excluding carboxylic acids is 1.